The number of amides is 2. The number of nitrogens with one attached hydrogen (secondary N) is 2. The molecular formula is C12H26N4O6S2. The summed E-state index contributed by atoms with van der Waals surface area (Å²) in [6, 6.07) is -1.45. The van der Waals surface area contributed by atoms with Crippen LogP contribution in [0.5, 0.6) is 0 Å². The van der Waals surface area contributed by atoms with Crippen molar-refractivity contribution in [2.75, 3.05) is 39.7 Å². The highest BCUT2D eigenvalue weighted by Gasteiger charge is 2.24. The minimum absolute atomic E-state index is 0.0825. The first-order valence-electron chi connectivity index (χ1n) is 7.07. The molecule has 0 aromatic heterocycles. The molecule has 0 saturated heterocycles. The molecule has 2 unspecified atom stereocenters. The van der Waals surface area contributed by atoms with Gasteiger partial charge in [-0.15, -0.1) is 0 Å². The van der Waals surface area contributed by atoms with Crippen molar-refractivity contribution in [2.45, 2.75) is 25.9 Å². The average Bonchev–Trinajstić information content (AvgIpc) is 2.35. The van der Waals surface area contributed by atoms with Crippen molar-refractivity contribution in [1.29, 1.82) is 0 Å². The van der Waals surface area contributed by atoms with Crippen molar-refractivity contribution in [3.8, 4) is 0 Å². The summed E-state index contributed by atoms with van der Waals surface area (Å²) in [6.45, 7) is 3.09. The number of hydrogen-bond acceptors (Lipinski definition) is 6. The Labute approximate surface area is 143 Å². The van der Waals surface area contributed by atoms with Gasteiger partial charge in [0.2, 0.25) is 31.9 Å². The summed E-state index contributed by atoms with van der Waals surface area (Å²) in [7, 11) is -3.08. The molecule has 0 aromatic carbocycles. The van der Waals surface area contributed by atoms with E-state index in [4.69, 9.17) is 0 Å². The summed E-state index contributed by atoms with van der Waals surface area (Å²) in [6.07, 6.45) is 0.942. The fourth-order valence-electron chi connectivity index (χ4n) is 1.70. The maximum atomic E-state index is 11.9. The topological polar surface area (TPSA) is 133 Å². The number of hydrogen-bond donors (Lipinski definition) is 2. The van der Waals surface area contributed by atoms with Crippen LogP contribution in [0.4, 0.5) is 0 Å². The summed E-state index contributed by atoms with van der Waals surface area (Å²) in [5.74, 6) is -1.81. The fourth-order valence-corrected chi connectivity index (χ4v) is 3.24. The van der Waals surface area contributed by atoms with Gasteiger partial charge in [-0.1, -0.05) is 0 Å². The van der Waals surface area contributed by atoms with Crippen molar-refractivity contribution in [1.82, 2.24) is 19.2 Å². The predicted molar refractivity (Wildman–Crippen MR) is 90.2 cm³/mol. The Balaban J connectivity index is 4.58. The summed E-state index contributed by atoms with van der Waals surface area (Å²) in [5, 5.41) is 2.55. The van der Waals surface area contributed by atoms with E-state index in [1.165, 1.54) is 33.0 Å². The minimum Gasteiger partial charge on any atom is -0.350 e. The van der Waals surface area contributed by atoms with Gasteiger partial charge in [-0.05, 0) is 13.8 Å². The van der Waals surface area contributed by atoms with E-state index >= 15 is 0 Å². The average molecular weight is 386 g/mol. The number of sulfonamides is 2. The molecule has 0 spiro atoms. The zero-order chi connectivity index (χ0) is 19.3. The van der Waals surface area contributed by atoms with Gasteiger partial charge in [-0.2, -0.15) is 0 Å². The van der Waals surface area contributed by atoms with E-state index in [2.05, 4.69) is 10.0 Å². The van der Waals surface area contributed by atoms with E-state index in [0.717, 1.165) is 10.6 Å². The van der Waals surface area contributed by atoms with Crippen molar-refractivity contribution < 1.29 is 26.4 Å². The quantitative estimate of drug-likeness (QED) is 0.461. The summed E-state index contributed by atoms with van der Waals surface area (Å²) in [4.78, 5) is 25.0. The van der Waals surface area contributed by atoms with Gasteiger partial charge in [-0.25, -0.2) is 25.9 Å². The summed E-state index contributed by atoms with van der Waals surface area (Å²) in [5.41, 5.74) is 0. The molecule has 10 nitrogen and oxygen atoms in total. The lowest BCUT2D eigenvalue weighted by Crippen LogP contribution is -2.50. The van der Waals surface area contributed by atoms with Crippen LogP contribution in [-0.2, 0) is 29.6 Å². The minimum atomic E-state index is -3.66. The Morgan fingerprint density at radius 3 is 1.96 bits per heavy atom. The molecule has 24 heavy (non-hydrogen) atoms. The van der Waals surface area contributed by atoms with Crippen molar-refractivity contribution >= 4 is 31.9 Å². The molecular weight excluding hydrogens is 360 g/mol. The van der Waals surface area contributed by atoms with Crippen LogP contribution in [0.25, 0.3) is 0 Å². The summed E-state index contributed by atoms with van der Waals surface area (Å²) < 4.78 is 48.6. The predicted octanol–water partition coefficient (Wildman–Crippen LogP) is -2.22. The van der Waals surface area contributed by atoms with Gasteiger partial charge in [0.15, 0.2) is 0 Å². The van der Waals surface area contributed by atoms with Crippen LogP contribution in [0.3, 0.4) is 0 Å². The lowest BCUT2D eigenvalue weighted by molar-refractivity contribution is -0.128. The first-order chi connectivity index (χ1) is 10.7. The normalized spacial score (nSPS) is 15.0. The maximum absolute atomic E-state index is 11.9. The molecule has 0 aromatic rings. The summed E-state index contributed by atoms with van der Waals surface area (Å²) >= 11 is 0. The van der Waals surface area contributed by atoms with Crippen molar-refractivity contribution in [3.05, 3.63) is 0 Å². The molecule has 2 N–H and O–H groups in total. The van der Waals surface area contributed by atoms with Crippen molar-refractivity contribution in [3.63, 3.8) is 0 Å². The Hall–Kier alpha value is -1.24. The second kappa shape index (κ2) is 8.74. The van der Waals surface area contributed by atoms with E-state index in [1.807, 2.05) is 0 Å². The first-order valence-corrected chi connectivity index (χ1v) is 10.6. The highest BCUT2D eigenvalue weighted by Crippen LogP contribution is 1.99. The maximum Gasteiger partial charge on any atom is 0.239 e. The lowest BCUT2D eigenvalue weighted by atomic mass is 10.2. The van der Waals surface area contributed by atoms with E-state index < -0.39 is 49.7 Å². The Morgan fingerprint density at radius 2 is 1.54 bits per heavy atom. The molecule has 12 heteroatoms. The Kier molecular flexibility index (Phi) is 8.29. The molecule has 0 fully saturated rings. The molecule has 142 valence electrons. The third-order valence-electron chi connectivity index (χ3n) is 3.01. The van der Waals surface area contributed by atoms with Gasteiger partial charge in [0.1, 0.15) is 5.75 Å². The molecule has 0 aliphatic heterocycles. The van der Waals surface area contributed by atoms with Crippen LogP contribution in [0, 0.1) is 0 Å². The van der Waals surface area contributed by atoms with Gasteiger partial charge >= 0.3 is 0 Å². The van der Waals surface area contributed by atoms with E-state index in [1.54, 1.807) is 6.92 Å². The lowest BCUT2D eigenvalue weighted by Gasteiger charge is -2.24. The number of likely N-dealkylation sites (N-methyl/N-ethyl adjacent to an activating group) is 1. The van der Waals surface area contributed by atoms with Gasteiger partial charge in [-0.3, -0.25) is 9.59 Å². The van der Waals surface area contributed by atoms with Crippen LogP contribution < -0.4 is 10.0 Å². The number of carbonyl (C=O) groups is 2. The van der Waals surface area contributed by atoms with Gasteiger partial charge in [0.25, 0.3) is 0 Å². The van der Waals surface area contributed by atoms with Crippen molar-refractivity contribution in [2.24, 2.45) is 0 Å². The fraction of sp³-hybridized carbons (Fsp3) is 0.833. The third kappa shape index (κ3) is 8.57. The number of rotatable bonds is 9. The van der Waals surface area contributed by atoms with Crippen LogP contribution in [0.1, 0.15) is 13.8 Å². The Bertz CT molecular complexity index is 659. The van der Waals surface area contributed by atoms with Gasteiger partial charge in [0.05, 0.1) is 12.3 Å². The molecule has 2 atom stereocenters. The van der Waals surface area contributed by atoms with E-state index in [9.17, 15) is 26.4 Å². The second-order valence-electron chi connectivity index (χ2n) is 5.83. The van der Waals surface area contributed by atoms with Crippen LogP contribution >= 0.6 is 0 Å². The van der Waals surface area contributed by atoms with Crippen LogP contribution in [0.15, 0.2) is 0 Å². The molecule has 0 bridgehead atoms. The highest BCUT2D eigenvalue weighted by molar-refractivity contribution is 7.89. The monoisotopic (exact) mass is 386 g/mol. The van der Waals surface area contributed by atoms with Crippen LogP contribution in [-0.4, -0.2) is 89.6 Å². The molecule has 0 saturated carbocycles. The molecule has 0 aliphatic carbocycles. The Morgan fingerprint density at radius 1 is 1.04 bits per heavy atom. The van der Waals surface area contributed by atoms with Gasteiger partial charge < -0.3 is 10.2 Å². The number of carbonyl (C=O) groups excluding carboxylic acids is 2. The molecule has 0 aliphatic rings. The molecule has 0 radical (unpaired) electrons. The van der Waals surface area contributed by atoms with E-state index in [0.29, 0.717) is 0 Å². The zero-order valence-corrected chi connectivity index (χ0v) is 16.4. The molecule has 0 heterocycles. The standard InChI is InChI=1S/C12H26N4O6S2/c1-9(13-12(18)10(2)14-23(6,19)20)7-16(5)11(17)8-24(21,22)15(3)4/h9-10,14H,7-8H2,1-6H3,(H,13,18). The molecule has 2 amide bonds. The number of nitrogens with zero attached hydrogens (tertiary/aromatic N) is 2. The van der Waals surface area contributed by atoms with Crippen LogP contribution in [0.2, 0.25) is 0 Å². The third-order valence-corrected chi connectivity index (χ3v) is 5.51. The largest absolute Gasteiger partial charge is 0.350 e. The zero-order valence-electron chi connectivity index (χ0n) is 14.7. The first kappa shape index (κ1) is 22.8. The second-order valence-corrected chi connectivity index (χ2v) is 9.80. The molecule has 0 rings (SSSR count). The van der Waals surface area contributed by atoms with Gasteiger partial charge in [0, 0.05) is 33.7 Å². The smallest absolute Gasteiger partial charge is 0.239 e. The van der Waals surface area contributed by atoms with E-state index in [-0.39, 0.29) is 6.54 Å². The highest BCUT2D eigenvalue weighted by atomic mass is 32.2. The SMILES string of the molecule is CC(CN(C)C(=O)CS(=O)(=O)N(C)C)NC(=O)C(C)NS(C)(=O)=O.